The van der Waals surface area contributed by atoms with Crippen LogP contribution in [-0.4, -0.2) is 47.2 Å². The van der Waals surface area contributed by atoms with Crippen LogP contribution < -0.4 is 5.73 Å². The molecular formula is C12H20N4O3. The van der Waals surface area contributed by atoms with E-state index < -0.39 is 0 Å². The highest BCUT2D eigenvalue weighted by Gasteiger charge is 2.20. The zero-order chi connectivity index (χ0) is 14.4. The second-order valence-corrected chi connectivity index (χ2v) is 4.10. The van der Waals surface area contributed by atoms with E-state index in [-0.39, 0.29) is 30.5 Å². The van der Waals surface area contributed by atoms with Gasteiger partial charge in [-0.15, -0.1) is 0 Å². The molecule has 19 heavy (non-hydrogen) atoms. The van der Waals surface area contributed by atoms with E-state index in [9.17, 15) is 9.59 Å². The summed E-state index contributed by atoms with van der Waals surface area (Å²) < 4.78 is 4.80. The highest BCUT2D eigenvalue weighted by atomic mass is 16.5. The fourth-order valence-electron chi connectivity index (χ4n) is 1.59. The summed E-state index contributed by atoms with van der Waals surface area (Å²) >= 11 is 0. The summed E-state index contributed by atoms with van der Waals surface area (Å²) in [5.74, 6) is -0.635. The van der Waals surface area contributed by atoms with E-state index in [1.807, 2.05) is 6.92 Å². The number of hydrogen-bond acceptors (Lipinski definition) is 5. The molecule has 0 saturated carbocycles. The first-order valence-corrected chi connectivity index (χ1v) is 6.25. The molecule has 1 aromatic heterocycles. The highest BCUT2D eigenvalue weighted by Crippen LogP contribution is 2.16. The van der Waals surface area contributed by atoms with Gasteiger partial charge < -0.3 is 15.4 Å². The summed E-state index contributed by atoms with van der Waals surface area (Å²) in [5.41, 5.74) is 7.13. The molecule has 1 heterocycles. The van der Waals surface area contributed by atoms with Crippen molar-refractivity contribution in [3.63, 3.8) is 0 Å². The number of amides is 1. The Labute approximate surface area is 112 Å². The number of carbonyl (C=O) groups is 2. The minimum Gasteiger partial charge on any atom is -0.466 e. The van der Waals surface area contributed by atoms with Gasteiger partial charge >= 0.3 is 5.97 Å². The predicted octanol–water partition coefficient (Wildman–Crippen LogP) is 0.580. The van der Waals surface area contributed by atoms with Crippen LogP contribution in [0.2, 0.25) is 0 Å². The molecule has 0 spiro atoms. The van der Waals surface area contributed by atoms with E-state index in [1.54, 1.807) is 14.0 Å². The van der Waals surface area contributed by atoms with Gasteiger partial charge in [-0.05, 0) is 13.3 Å². The van der Waals surface area contributed by atoms with Crippen molar-refractivity contribution in [1.29, 1.82) is 0 Å². The molecule has 0 aliphatic heterocycles. The smallest absolute Gasteiger partial charge is 0.307 e. The van der Waals surface area contributed by atoms with E-state index in [1.165, 1.54) is 4.90 Å². The Kier molecular flexibility index (Phi) is 5.35. The topological polar surface area (TPSA) is 101 Å². The number of nitrogen functional groups attached to an aromatic ring is 1. The number of carbonyl (C=O) groups excluding carboxylic acids is 2. The minimum absolute atomic E-state index is 0.154. The number of anilines is 1. The molecule has 0 radical (unpaired) electrons. The molecule has 0 aliphatic rings. The first-order chi connectivity index (χ1) is 9.01. The lowest BCUT2D eigenvalue weighted by Gasteiger charge is -2.15. The second kappa shape index (κ2) is 6.77. The maximum Gasteiger partial charge on any atom is 0.307 e. The molecule has 1 amide bonds. The molecule has 106 valence electrons. The molecule has 1 aromatic rings. The molecule has 0 bridgehead atoms. The number of H-pyrrole nitrogens is 1. The maximum absolute atomic E-state index is 12.1. The summed E-state index contributed by atoms with van der Waals surface area (Å²) in [7, 11) is 1.60. The third-order valence-electron chi connectivity index (χ3n) is 2.74. The van der Waals surface area contributed by atoms with Gasteiger partial charge in [-0.1, -0.05) is 6.92 Å². The van der Waals surface area contributed by atoms with E-state index in [0.717, 1.165) is 5.69 Å². The van der Waals surface area contributed by atoms with E-state index >= 15 is 0 Å². The van der Waals surface area contributed by atoms with Crippen molar-refractivity contribution in [1.82, 2.24) is 15.1 Å². The van der Waals surface area contributed by atoms with Gasteiger partial charge in [-0.2, -0.15) is 5.10 Å². The Hall–Kier alpha value is -2.05. The summed E-state index contributed by atoms with van der Waals surface area (Å²) in [5, 5.41) is 6.64. The normalized spacial score (nSPS) is 10.3. The molecule has 0 unspecified atom stereocenters. The van der Waals surface area contributed by atoms with Crippen molar-refractivity contribution in [2.75, 3.05) is 25.9 Å². The second-order valence-electron chi connectivity index (χ2n) is 4.10. The summed E-state index contributed by atoms with van der Waals surface area (Å²) in [6.07, 6.45) is 0.833. The van der Waals surface area contributed by atoms with Crippen molar-refractivity contribution in [2.24, 2.45) is 0 Å². The van der Waals surface area contributed by atoms with E-state index in [2.05, 4.69) is 10.2 Å². The molecule has 7 nitrogen and oxygen atoms in total. The summed E-state index contributed by atoms with van der Waals surface area (Å²) in [6, 6.07) is 0. The van der Waals surface area contributed by atoms with Crippen LogP contribution in [0.4, 0.5) is 5.69 Å². The van der Waals surface area contributed by atoms with Gasteiger partial charge in [0.25, 0.3) is 5.91 Å². The lowest BCUT2D eigenvalue weighted by atomic mass is 10.2. The van der Waals surface area contributed by atoms with Crippen molar-refractivity contribution in [3.8, 4) is 0 Å². The Morgan fingerprint density at radius 3 is 2.63 bits per heavy atom. The van der Waals surface area contributed by atoms with Gasteiger partial charge in [-0.3, -0.25) is 14.7 Å². The molecule has 0 atom stereocenters. The van der Waals surface area contributed by atoms with Gasteiger partial charge in [0.1, 0.15) is 0 Å². The molecule has 0 aliphatic carbocycles. The van der Waals surface area contributed by atoms with Gasteiger partial charge in [0.05, 0.1) is 24.4 Å². The van der Waals surface area contributed by atoms with Gasteiger partial charge in [0.15, 0.2) is 5.69 Å². The Morgan fingerprint density at radius 1 is 1.42 bits per heavy atom. The molecule has 0 fully saturated rings. The number of rotatable bonds is 6. The number of nitrogens with two attached hydrogens (primary N) is 1. The fourth-order valence-corrected chi connectivity index (χ4v) is 1.59. The molecule has 0 aromatic carbocycles. The average Bonchev–Trinajstić information content (AvgIpc) is 2.76. The van der Waals surface area contributed by atoms with Crippen LogP contribution in [0.25, 0.3) is 0 Å². The van der Waals surface area contributed by atoms with Crippen LogP contribution in [0.5, 0.6) is 0 Å². The van der Waals surface area contributed by atoms with Gasteiger partial charge in [0.2, 0.25) is 0 Å². The largest absolute Gasteiger partial charge is 0.466 e. The van der Waals surface area contributed by atoms with Crippen molar-refractivity contribution in [2.45, 2.75) is 26.7 Å². The first kappa shape index (κ1) is 15.0. The number of nitrogens with one attached hydrogen (secondary N) is 1. The molecule has 1 rings (SSSR count). The Bertz CT molecular complexity index is 456. The van der Waals surface area contributed by atoms with Crippen molar-refractivity contribution >= 4 is 17.6 Å². The number of aryl methyl sites for hydroxylation is 1. The zero-order valence-electron chi connectivity index (χ0n) is 11.5. The molecule has 3 N–H and O–H groups in total. The van der Waals surface area contributed by atoms with Gasteiger partial charge in [0, 0.05) is 13.6 Å². The third-order valence-corrected chi connectivity index (χ3v) is 2.74. The maximum atomic E-state index is 12.1. The first-order valence-electron chi connectivity index (χ1n) is 6.25. The van der Waals surface area contributed by atoms with E-state index in [0.29, 0.717) is 18.7 Å². The lowest BCUT2D eigenvalue weighted by molar-refractivity contribution is -0.143. The minimum atomic E-state index is -0.327. The number of ether oxygens (including phenoxy) is 1. The van der Waals surface area contributed by atoms with E-state index in [4.69, 9.17) is 10.5 Å². The monoisotopic (exact) mass is 268 g/mol. The third kappa shape index (κ3) is 3.70. The fraction of sp³-hybridized carbons (Fsp3) is 0.583. The number of hydrogen-bond donors (Lipinski definition) is 2. The van der Waals surface area contributed by atoms with Crippen LogP contribution in [0, 0.1) is 0 Å². The van der Waals surface area contributed by atoms with Crippen LogP contribution in [0.1, 0.15) is 36.5 Å². The summed E-state index contributed by atoms with van der Waals surface area (Å²) in [6.45, 7) is 4.26. The SMILES string of the molecule is CCOC(=O)CCN(C)C(=O)c1n[nH]c(CC)c1N. The Balaban J connectivity index is 2.61. The zero-order valence-corrected chi connectivity index (χ0v) is 11.5. The number of esters is 1. The molecule has 7 heteroatoms. The van der Waals surface area contributed by atoms with Gasteiger partial charge in [-0.25, -0.2) is 0 Å². The van der Waals surface area contributed by atoms with Crippen LogP contribution in [-0.2, 0) is 16.0 Å². The Morgan fingerprint density at radius 2 is 2.11 bits per heavy atom. The number of aromatic nitrogens is 2. The lowest BCUT2D eigenvalue weighted by Crippen LogP contribution is -2.30. The number of aromatic amines is 1. The quantitative estimate of drug-likeness (QED) is 0.735. The van der Waals surface area contributed by atoms with Crippen LogP contribution >= 0.6 is 0 Å². The van der Waals surface area contributed by atoms with Crippen LogP contribution in [0.3, 0.4) is 0 Å². The standard InChI is InChI=1S/C12H20N4O3/c1-4-8-10(13)11(15-14-8)12(18)16(3)7-6-9(17)19-5-2/h4-7,13H2,1-3H3,(H,14,15). The summed E-state index contributed by atoms with van der Waals surface area (Å²) in [4.78, 5) is 24.7. The average molecular weight is 268 g/mol. The van der Waals surface area contributed by atoms with Crippen molar-refractivity contribution < 1.29 is 14.3 Å². The van der Waals surface area contributed by atoms with Crippen LogP contribution in [0.15, 0.2) is 0 Å². The molecular weight excluding hydrogens is 248 g/mol. The predicted molar refractivity (Wildman–Crippen MR) is 70.6 cm³/mol. The molecule has 0 saturated heterocycles. The highest BCUT2D eigenvalue weighted by molar-refractivity contribution is 5.97. The number of nitrogens with zero attached hydrogens (tertiary/aromatic N) is 2. The van der Waals surface area contributed by atoms with Crippen molar-refractivity contribution in [3.05, 3.63) is 11.4 Å².